The number of rotatable bonds is 5. The van der Waals surface area contributed by atoms with Gasteiger partial charge in [-0.3, -0.25) is 4.79 Å². The van der Waals surface area contributed by atoms with Crippen molar-refractivity contribution in [2.45, 2.75) is 51.9 Å². The minimum atomic E-state index is -0.705. The van der Waals surface area contributed by atoms with Crippen LogP contribution in [0.15, 0.2) is 24.3 Å². The number of hydrogen-bond donors (Lipinski definition) is 1. The van der Waals surface area contributed by atoms with Gasteiger partial charge in [-0.2, -0.15) is 0 Å². The predicted molar refractivity (Wildman–Crippen MR) is 83.7 cm³/mol. The van der Waals surface area contributed by atoms with Gasteiger partial charge in [-0.15, -0.1) is 0 Å². The highest BCUT2D eigenvalue weighted by molar-refractivity contribution is 5.81. The highest BCUT2D eigenvalue weighted by Crippen LogP contribution is 2.42. The van der Waals surface area contributed by atoms with E-state index in [9.17, 15) is 9.90 Å². The van der Waals surface area contributed by atoms with Gasteiger partial charge in [0.25, 0.3) is 0 Å². The summed E-state index contributed by atoms with van der Waals surface area (Å²) < 4.78 is 5.67. The number of carboxylic acid groups (broad SMARTS) is 1. The van der Waals surface area contributed by atoms with E-state index >= 15 is 0 Å². The van der Waals surface area contributed by atoms with Crippen molar-refractivity contribution in [2.24, 2.45) is 11.8 Å². The molecule has 0 saturated heterocycles. The Bertz CT molecular complexity index is 468. The zero-order valence-corrected chi connectivity index (χ0v) is 13.3. The van der Waals surface area contributed by atoms with E-state index < -0.39 is 11.4 Å². The van der Waals surface area contributed by atoms with Crippen LogP contribution in [0.3, 0.4) is 0 Å². The molecule has 1 aliphatic rings. The second kappa shape index (κ2) is 6.50. The maximum Gasteiger partial charge on any atom is 0.314 e. The highest BCUT2D eigenvalue weighted by Gasteiger charge is 2.42. The second-order valence-electron chi connectivity index (χ2n) is 6.80. The Morgan fingerprint density at radius 2 is 1.86 bits per heavy atom. The SMILES string of the molecule is CC(C)COc1ccc(C2(C(=O)O)CCC(C)CC2)cc1. The van der Waals surface area contributed by atoms with Gasteiger partial charge in [0, 0.05) is 0 Å². The molecule has 1 aromatic rings. The van der Waals surface area contributed by atoms with E-state index in [0.717, 1.165) is 37.0 Å². The van der Waals surface area contributed by atoms with E-state index in [-0.39, 0.29) is 0 Å². The Labute approximate surface area is 127 Å². The lowest BCUT2D eigenvalue weighted by molar-refractivity contribution is -0.145. The molecule has 1 aliphatic carbocycles. The normalized spacial score (nSPS) is 25.8. The third-order valence-corrected chi connectivity index (χ3v) is 4.53. The Morgan fingerprint density at radius 1 is 1.29 bits per heavy atom. The molecule has 0 radical (unpaired) electrons. The standard InChI is InChI=1S/C18H26O3/c1-13(2)12-21-16-6-4-15(5-7-16)18(17(19)20)10-8-14(3)9-11-18/h4-7,13-14H,8-12H2,1-3H3,(H,19,20). The van der Waals surface area contributed by atoms with Crippen molar-refractivity contribution in [1.82, 2.24) is 0 Å². The van der Waals surface area contributed by atoms with E-state index in [2.05, 4.69) is 20.8 Å². The molecule has 1 N–H and O–H groups in total. The van der Waals surface area contributed by atoms with Gasteiger partial charge in [-0.05, 0) is 55.2 Å². The van der Waals surface area contributed by atoms with Crippen molar-refractivity contribution in [3.63, 3.8) is 0 Å². The molecule has 0 heterocycles. The summed E-state index contributed by atoms with van der Waals surface area (Å²) in [5, 5.41) is 9.74. The van der Waals surface area contributed by atoms with Crippen molar-refractivity contribution in [3.8, 4) is 5.75 Å². The second-order valence-corrected chi connectivity index (χ2v) is 6.80. The van der Waals surface area contributed by atoms with Gasteiger partial charge in [0.05, 0.1) is 12.0 Å². The summed E-state index contributed by atoms with van der Waals surface area (Å²) in [6, 6.07) is 7.67. The molecular formula is C18H26O3. The molecule has 0 atom stereocenters. The van der Waals surface area contributed by atoms with Gasteiger partial charge in [-0.1, -0.05) is 32.9 Å². The van der Waals surface area contributed by atoms with E-state index in [1.807, 2.05) is 24.3 Å². The highest BCUT2D eigenvalue weighted by atomic mass is 16.5. The Kier molecular flexibility index (Phi) is 4.92. The Hall–Kier alpha value is -1.51. The Balaban J connectivity index is 2.16. The zero-order chi connectivity index (χ0) is 15.5. The average molecular weight is 290 g/mol. The first-order chi connectivity index (χ1) is 9.94. The summed E-state index contributed by atoms with van der Waals surface area (Å²) in [5.41, 5.74) is 0.210. The van der Waals surface area contributed by atoms with Gasteiger partial charge in [0.1, 0.15) is 5.75 Å². The summed E-state index contributed by atoms with van der Waals surface area (Å²) in [6.07, 6.45) is 3.43. The molecule has 21 heavy (non-hydrogen) atoms. The quantitative estimate of drug-likeness (QED) is 0.881. The van der Waals surface area contributed by atoms with Crippen molar-refractivity contribution in [1.29, 1.82) is 0 Å². The van der Waals surface area contributed by atoms with Crippen molar-refractivity contribution < 1.29 is 14.6 Å². The molecular weight excluding hydrogens is 264 g/mol. The van der Waals surface area contributed by atoms with E-state index in [1.165, 1.54) is 0 Å². The number of hydrogen-bond acceptors (Lipinski definition) is 2. The molecule has 0 bridgehead atoms. The van der Waals surface area contributed by atoms with Crippen LogP contribution in [-0.4, -0.2) is 17.7 Å². The van der Waals surface area contributed by atoms with Gasteiger partial charge in [0.15, 0.2) is 0 Å². The molecule has 116 valence electrons. The third-order valence-electron chi connectivity index (χ3n) is 4.53. The first-order valence-corrected chi connectivity index (χ1v) is 7.91. The smallest absolute Gasteiger partial charge is 0.314 e. The molecule has 0 unspecified atom stereocenters. The number of aliphatic carboxylic acids is 1. The van der Waals surface area contributed by atoms with Crippen LogP contribution in [0.25, 0.3) is 0 Å². The maximum absolute atomic E-state index is 11.9. The summed E-state index contributed by atoms with van der Waals surface area (Å²) >= 11 is 0. The van der Waals surface area contributed by atoms with Crippen LogP contribution in [0.2, 0.25) is 0 Å². The molecule has 1 saturated carbocycles. The third kappa shape index (κ3) is 3.58. The largest absolute Gasteiger partial charge is 0.493 e. The molecule has 2 rings (SSSR count). The number of ether oxygens (including phenoxy) is 1. The van der Waals surface area contributed by atoms with Crippen LogP contribution in [0.4, 0.5) is 0 Å². The van der Waals surface area contributed by atoms with Crippen molar-refractivity contribution in [3.05, 3.63) is 29.8 Å². The van der Waals surface area contributed by atoms with Crippen LogP contribution >= 0.6 is 0 Å². The van der Waals surface area contributed by atoms with Crippen molar-refractivity contribution >= 4 is 5.97 Å². The summed E-state index contributed by atoms with van der Waals surface area (Å²) in [4.78, 5) is 11.9. The average Bonchev–Trinajstić information content (AvgIpc) is 2.46. The van der Waals surface area contributed by atoms with Crippen LogP contribution in [0.1, 0.15) is 52.0 Å². The molecule has 0 aliphatic heterocycles. The first kappa shape index (κ1) is 15.9. The van der Waals surface area contributed by atoms with Crippen LogP contribution < -0.4 is 4.74 Å². The Morgan fingerprint density at radius 3 is 2.33 bits per heavy atom. The zero-order valence-electron chi connectivity index (χ0n) is 13.3. The molecule has 3 nitrogen and oxygen atoms in total. The predicted octanol–water partition coefficient (Wildman–Crippen LogP) is 4.25. The molecule has 3 heteroatoms. The van der Waals surface area contributed by atoms with E-state index in [4.69, 9.17) is 4.74 Å². The first-order valence-electron chi connectivity index (χ1n) is 7.91. The van der Waals surface area contributed by atoms with Gasteiger partial charge < -0.3 is 9.84 Å². The lowest BCUT2D eigenvalue weighted by atomic mass is 9.67. The topological polar surface area (TPSA) is 46.5 Å². The minimum absolute atomic E-state index is 0.481. The lowest BCUT2D eigenvalue weighted by Gasteiger charge is -2.36. The fraction of sp³-hybridized carbons (Fsp3) is 0.611. The molecule has 0 amide bonds. The van der Waals surface area contributed by atoms with Gasteiger partial charge in [0.2, 0.25) is 0 Å². The number of carboxylic acids is 1. The monoisotopic (exact) mass is 290 g/mol. The van der Waals surface area contributed by atoms with E-state index in [0.29, 0.717) is 18.4 Å². The summed E-state index contributed by atoms with van der Waals surface area (Å²) in [6.45, 7) is 7.10. The molecule has 1 fully saturated rings. The van der Waals surface area contributed by atoms with Gasteiger partial charge in [-0.25, -0.2) is 0 Å². The van der Waals surface area contributed by atoms with Gasteiger partial charge >= 0.3 is 5.97 Å². The fourth-order valence-corrected chi connectivity index (χ4v) is 3.01. The molecule has 1 aromatic carbocycles. The maximum atomic E-state index is 11.9. The number of benzene rings is 1. The lowest BCUT2D eigenvalue weighted by Crippen LogP contribution is -2.39. The van der Waals surface area contributed by atoms with Crippen LogP contribution in [-0.2, 0) is 10.2 Å². The number of carbonyl (C=O) groups is 1. The summed E-state index contributed by atoms with van der Waals surface area (Å²) in [7, 11) is 0. The summed E-state index contributed by atoms with van der Waals surface area (Å²) in [5.74, 6) is 1.24. The van der Waals surface area contributed by atoms with Crippen LogP contribution in [0, 0.1) is 11.8 Å². The molecule has 0 aromatic heterocycles. The van der Waals surface area contributed by atoms with Crippen LogP contribution in [0.5, 0.6) is 5.75 Å². The van der Waals surface area contributed by atoms with E-state index in [1.54, 1.807) is 0 Å². The molecule has 0 spiro atoms. The fourth-order valence-electron chi connectivity index (χ4n) is 3.01. The van der Waals surface area contributed by atoms with Crippen molar-refractivity contribution in [2.75, 3.05) is 6.61 Å². The minimum Gasteiger partial charge on any atom is -0.493 e.